The van der Waals surface area contributed by atoms with Crippen molar-refractivity contribution in [1.29, 1.82) is 0 Å². The van der Waals surface area contributed by atoms with Crippen LogP contribution in [-0.2, 0) is 9.59 Å². The van der Waals surface area contributed by atoms with Crippen molar-refractivity contribution in [2.75, 3.05) is 24.5 Å². The first-order chi connectivity index (χ1) is 19.6. The summed E-state index contributed by atoms with van der Waals surface area (Å²) in [7, 11) is 0. The first-order valence-electron chi connectivity index (χ1n) is 12.5. The molecule has 5 rings (SSSR count). The Morgan fingerprint density at radius 3 is 2.51 bits per heavy atom. The predicted octanol–water partition coefficient (Wildman–Crippen LogP) is 6.27. The van der Waals surface area contributed by atoms with Gasteiger partial charge in [0.05, 0.1) is 15.6 Å². The molecule has 210 valence electrons. The van der Waals surface area contributed by atoms with Gasteiger partial charge in [-0.05, 0) is 48.9 Å². The van der Waals surface area contributed by atoms with Gasteiger partial charge in [0.2, 0.25) is 11.8 Å². The molecule has 1 aliphatic rings. The summed E-state index contributed by atoms with van der Waals surface area (Å²) >= 11 is 19.2. The highest BCUT2D eigenvalue weighted by Crippen LogP contribution is 2.42. The summed E-state index contributed by atoms with van der Waals surface area (Å²) in [6.45, 7) is 6.61. The topological polar surface area (TPSA) is 109 Å². The van der Waals surface area contributed by atoms with Gasteiger partial charge in [-0.2, -0.15) is 0 Å². The fourth-order valence-corrected chi connectivity index (χ4v) is 5.99. The van der Waals surface area contributed by atoms with Gasteiger partial charge in [0.25, 0.3) is 5.91 Å². The molecule has 12 heteroatoms. The zero-order valence-electron chi connectivity index (χ0n) is 21.7. The molecule has 3 heterocycles. The van der Waals surface area contributed by atoms with Crippen LogP contribution in [0.1, 0.15) is 22.8 Å². The van der Waals surface area contributed by atoms with E-state index in [2.05, 4.69) is 11.7 Å². The normalized spacial score (nSPS) is 15.6. The Bertz CT molecular complexity index is 1720. The molecule has 1 aliphatic heterocycles. The van der Waals surface area contributed by atoms with Crippen LogP contribution in [0.5, 0.6) is 0 Å². The number of aliphatic carboxylic acids is 1. The lowest BCUT2D eigenvalue weighted by Crippen LogP contribution is -2.53. The number of nitrogens with zero attached hydrogens (tertiary/aromatic N) is 4. The number of hydrogen-bond donors (Lipinski definition) is 1. The summed E-state index contributed by atoms with van der Waals surface area (Å²) < 4.78 is 7.27. The van der Waals surface area contributed by atoms with Gasteiger partial charge < -0.3 is 19.4 Å². The molecular weight excluding hydrogens is 591 g/mol. The van der Waals surface area contributed by atoms with Crippen LogP contribution in [0.25, 0.3) is 28.2 Å². The van der Waals surface area contributed by atoms with E-state index in [0.717, 1.165) is 6.08 Å². The molecule has 0 saturated carbocycles. The van der Waals surface area contributed by atoms with Crippen molar-refractivity contribution in [3.8, 4) is 11.3 Å². The summed E-state index contributed by atoms with van der Waals surface area (Å²) in [6, 6.07) is 9.74. The molecule has 0 unspecified atom stereocenters. The van der Waals surface area contributed by atoms with Crippen LogP contribution < -0.4 is 4.90 Å². The highest BCUT2D eigenvalue weighted by molar-refractivity contribution is 6.42. The molecule has 0 aliphatic carbocycles. The lowest BCUT2D eigenvalue weighted by atomic mass is 10.0. The van der Waals surface area contributed by atoms with Gasteiger partial charge >= 0.3 is 5.97 Å². The Labute approximate surface area is 249 Å². The Morgan fingerprint density at radius 2 is 1.85 bits per heavy atom. The molecule has 1 fully saturated rings. The number of halogens is 3. The number of anilines is 1. The summed E-state index contributed by atoms with van der Waals surface area (Å²) in [5.74, 6) is -1.53. The second-order valence-corrected chi connectivity index (χ2v) is 10.7. The quantitative estimate of drug-likeness (QED) is 0.256. The number of benzene rings is 2. The van der Waals surface area contributed by atoms with Gasteiger partial charge in [-0.25, -0.2) is 4.79 Å². The second-order valence-electron chi connectivity index (χ2n) is 9.43. The number of rotatable bonds is 6. The number of aromatic nitrogens is 2. The molecule has 9 nitrogen and oxygen atoms in total. The minimum atomic E-state index is -1.09. The smallest absolute Gasteiger partial charge is 0.328 e. The van der Waals surface area contributed by atoms with Crippen molar-refractivity contribution in [2.45, 2.75) is 13.0 Å². The number of carboxylic acid groups (broad SMARTS) is 1. The third-order valence-electron chi connectivity index (χ3n) is 6.90. The van der Waals surface area contributed by atoms with E-state index < -0.39 is 11.9 Å². The Balaban J connectivity index is 1.66. The highest BCUT2D eigenvalue weighted by atomic mass is 35.5. The molecule has 0 spiro atoms. The van der Waals surface area contributed by atoms with Gasteiger partial charge in [-0.3, -0.25) is 14.2 Å². The lowest BCUT2D eigenvalue weighted by Gasteiger charge is -2.39. The van der Waals surface area contributed by atoms with Gasteiger partial charge in [0, 0.05) is 53.9 Å². The molecular formula is C29H23Cl3N4O5. The molecule has 4 aromatic rings. The van der Waals surface area contributed by atoms with Gasteiger partial charge in [-0.1, -0.05) is 58.7 Å². The van der Waals surface area contributed by atoms with Crippen LogP contribution in [0.3, 0.4) is 0 Å². The van der Waals surface area contributed by atoms with Crippen molar-refractivity contribution in [2.24, 2.45) is 0 Å². The minimum Gasteiger partial charge on any atom is -0.478 e. The zero-order chi connectivity index (χ0) is 29.4. The summed E-state index contributed by atoms with van der Waals surface area (Å²) in [5.41, 5.74) is 1.71. The van der Waals surface area contributed by atoms with E-state index in [1.165, 1.54) is 28.9 Å². The molecule has 1 amide bonds. The predicted molar refractivity (Wildman–Crippen MR) is 159 cm³/mol. The molecule has 41 heavy (non-hydrogen) atoms. The maximum atomic E-state index is 14.4. The standard InChI is InChI=1S/C29H23Cl3N4O5/c1-3-23(37)34-11-12-35(16(2)15-34)29-26(27(33-41-29)25-20(31)13-18(30)14-21(25)32)28(40)36-10-9-19-17(7-8-24(38)39)5-4-6-22(19)36/h3-10,13-14,16H,1,11-12,15H2,2H3,(H,38,39)/b8-7+/t16-/m1/s1. The monoisotopic (exact) mass is 612 g/mol. The van der Waals surface area contributed by atoms with E-state index in [0.29, 0.717) is 41.1 Å². The average molecular weight is 614 g/mol. The average Bonchev–Trinajstić information content (AvgIpc) is 3.55. The maximum Gasteiger partial charge on any atom is 0.328 e. The van der Waals surface area contributed by atoms with E-state index in [9.17, 15) is 14.4 Å². The molecule has 1 saturated heterocycles. The molecule has 1 atom stereocenters. The minimum absolute atomic E-state index is 0.121. The maximum absolute atomic E-state index is 14.4. The van der Waals surface area contributed by atoms with E-state index in [4.69, 9.17) is 44.4 Å². The number of fused-ring (bicyclic) bond motifs is 1. The van der Waals surface area contributed by atoms with Gasteiger partial charge in [0.15, 0.2) is 0 Å². The van der Waals surface area contributed by atoms with Crippen LogP contribution in [0, 0.1) is 0 Å². The van der Waals surface area contributed by atoms with E-state index in [-0.39, 0.29) is 44.7 Å². The first-order valence-corrected chi connectivity index (χ1v) is 13.6. The molecule has 0 bridgehead atoms. The Morgan fingerprint density at radius 1 is 1.12 bits per heavy atom. The number of piperazine rings is 1. The van der Waals surface area contributed by atoms with E-state index in [1.807, 2.05) is 11.8 Å². The zero-order valence-corrected chi connectivity index (χ0v) is 24.0. The summed E-state index contributed by atoms with van der Waals surface area (Å²) in [4.78, 5) is 41.2. The van der Waals surface area contributed by atoms with Crippen LogP contribution >= 0.6 is 34.8 Å². The first kappa shape index (κ1) is 28.5. The van der Waals surface area contributed by atoms with Crippen LogP contribution in [0.4, 0.5) is 5.88 Å². The largest absolute Gasteiger partial charge is 0.478 e. The third-order valence-corrected chi connectivity index (χ3v) is 7.71. The van der Waals surface area contributed by atoms with Crippen molar-refractivity contribution in [1.82, 2.24) is 14.6 Å². The third kappa shape index (κ3) is 5.36. The van der Waals surface area contributed by atoms with Crippen molar-refractivity contribution >= 4 is 75.4 Å². The second kappa shape index (κ2) is 11.4. The van der Waals surface area contributed by atoms with Crippen LogP contribution in [-0.4, -0.2) is 63.2 Å². The summed E-state index contributed by atoms with van der Waals surface area (Å²) in [5, 5.41) is 14.7. The fraction of sp³-hybridized carbons (Fsp3) is 0.172. The van der Waals surface area contributed by atoms with Crippen molar-refractivity contribution in [3.63, 3.8) is 0 Å². The van der Waals surface area contributed by atoms with Crippen LogP contribution in [0.2, 0.25) is 15.1 Å². The fourth-order valence-electron chi connectivity index (χ4n) is 4.99. The number of carbonyl (C=O) groups excluding carboxylic acids is 2. The molecule has 1 N–H and O–H groups in total. The van der Waals surface area contributed by atoms with Crippen molar-refractivity contribution < 1.29 is 24.0 Å². The molecule has 2 aromatic heterocycles. The van der Waals surface area contributed by atoms with Gasteiger partial charge in [-0.15, -0.1) is 0 Å². The van der Waals surface area contributed by atoms with E-state index in [1.54, 1.807) is 35.4 Å². The number of amides is 1. The number of carboxylic acids is 1. The number of hydrogen-bond acceptors (Lipinski definition) is 6. The lowest BCUT2D eigenvalue weighted by molar-refractivity contribution is -0.131. The van der Waals surface area contributed by atoms with E-state index >= 15 is 0 Å². The molecule has 2 aromatic carbocycles. The Kier molecular flexibility index (Phi) is 7.95. The molecule has 0 radical (unpaired) electrons. The summed E-state index contributed by atoms with van der Waals surface area (Å²) in [6.07, 6.45) is 5.37. The highest BCUT2D eigenvalue weighted by Gasteiger charge is 2.35. The van der Waals surface area contributed by atoms with Gasteiger partial charge in [0.1, 0.15) is 11.3 Å². The number of carbonyl (C=O) groups is 3. The SMILES string of the molecule is C=CC(=O)N1CCN(c2onc(-c3c(Cl)cc(Cl)cc3Cl)c2C(=O)n2ccc3c(/C=C/C(=O)O)cccc32)[C@H](C)C1. The van der Waals surface area contributed by atoms with Crippen LogP contribution in [0.15, 0.2) is 65.8 Å². The van der Waals surface area contributed by atoms with Crippen molar-refractivity contribution in [3.05, 3.63) is 87.5 Å². The Hall–Kier alpha value is -4.05.